The van der Waals surface area contributed by atoms with Crippen LogP contribution < -0.4 is 11.3 Å². The fraction of sp³-hybridized carbons (Fsp3) is 0. The monoisotopic (exact) mass is 167 g/mol. The third kappa shape index (κ3) is 0.894. The zero-order valence-corrected chi connectivity index (χ0v) is 6.31. The predicted octanol–water partition coefficient (Wildman–Crippen LogP) is 0.567. The Balaban J connectivity index is 3.02. The molecule has 0 saturated heterocycles. The van der Waals surface area contributed by atoms with Crippen LogP contribution in [0.25, 0.3) is 10.2 Å². The first-order valence-corrected chi connectivity index (χ1v) is 3.83. The third-order valence-corrected chi connectivity index (χ3v) is 2.18. The lowest BCUT2D eigenvalue weighted by molar-refractivity contribution is 1.26. The van der Waals surface area contributed by atoms with Crippen LogP contribution in [0.3, 0.4) is 0 Å². The van der Waals surface area contributed by atoms with Gasteiger partial charge in [-0.3, -0.25) is 4.79 Å². The molecular weight excluding hydrogens is 162 g/mol. The van der Waals surface area contributed by atoms with Crippen molar-refractivity contribution in [3.8, 4) is 0 Å². The molecule has 0 saturated carbocycles. The quantitative estimate of drug-likeness (QED) is 0.602. The van der Waals surface area contributed by atoms with Crippen LogP contribution in [0.5, 0.6) is 0 Å². The summed E-state index contributed by atoms with van der Waals surface area (Å²) in [5.74, 6) is 0. The van der Waals surface area contributed by atoms with Crippen molar-refractivity contribution >= 4 is 26.7 Å². The number of pyridine rings is 1. The summed E-state index contributed by atoms with van der Waals surface area (Å²) in [5, 5.41) is 0.428. The van der Waals surface area contributed by atoms with Gasteiger partial charge in [-0.05, 0) is 6.07 Å². The Morgan fingerprint density at radius 1 is 1.64 bits per heavy atom. The molecule has 2 aromatic rings. The number of nitrogens with two attached hydrogens (primary N) is 1. The molecule has 0 amide bonds. The molecule has 11 heavy (non-hydrogen) atoms. The molecule has 5 heteroatoms. The molecule has 0 bridgehead atoms. The van der Waals surface area contributed by atoms with Gasteiger partial charge in [0, 0.05) is 6.20 Å². The van der Waals surface area contributed by atoms with Gasteiger partial charge in [-0.2, -0.15) is 0 Å². The molecule has 4 nitrogen and oxygen atoms in total. The zero-order valence-electron chi connectivity index (χ0n) is 5.50. The summed E-state index contributed by atoms with van der Waals surface area (Å²) in [5.41, 5.74) is 5.66. The molecular formula is C6H5N3OS. The highest BCUT2D eigenvalue weighted by molar-refractivity contribution is 7.22. The largest absolute Gasteiger partial charge is 0.375 e. The first-order valence-electron chi connectivity index (χ1n) is 3.01. The molecule has 3 N–H and O–H groups in total. The Hall–Kier alpha value is -1.36. The molecule has 0 radical (unpaired) electrons. The number of nitrogen functional groups attached to an aromatic ring is 1. The molecule has 0 aliphatic rings. The number of fused-ring (bicyclic) bond motifs is 1. The van der Waals surface area contributed by atoms with Gasteiger partial charge in [0.1, 0.15) is 5.52 Å². The number of anilines is 1. The van der Waals surface area contributed by atoms with Crippen molar-refractivity contribution in [1.29, 1.82) is 0 Å². The van der Waals surface area contributed by atoms with Crippen LogP contribution in [0, 0.1) is 0 Å². The van der Waals surface area contributed by atoms with Crippen LogP contribution in [0.15, 0.2) is 17.1 Å². The van der Waals surface area contributed by atoms with Crippen LogP contribution in [-0.2, 0) is 0 Å². The number of thiazole rings is 1. The molecule has 0 aromatic carbocycles. The second-order valence-corrected chi connectivity index (χ2v) is 3.13. The van der Waals surface area contributed by atoms with Gasteiger partial charge >= 0.3 is 0 Å². The van der Waals surface area contributed by atoms with E-state index in [2.05, 4.69) is 9.97 Å². The highest BCUT2D eigenvalue weighted by Crippen LogP contribution is 2.19. The standard InChI is InChI=1S/C6H5N3OS/c7-6-9-4-3(11-6)1-2-8-5(4)10/h1-2H,(H2,7,9)(H,8,10). The lowest BCUT2D eigenvalue weighted by atomic mass is 10.4. The smallest absolute Gasteiger partial charge is 0.275 e. The van der Waals surface area contributed by atoms with E-state index in [-0.39, 0.29) is 5.56 Å². The average molecular weight is 167 g/mol. The van der Waals surface area contributed by atoms with Crippen LogP contribution in [0.1, 0.15) is 0 Å². The highest BCUT2D eigenvalue weighted by atomic mass is 32.1. The molecule has 2 rings (SSSR count). The third-order valence-electron chi connectivity index (χ3n) is 1.33. The molecule has 0 unspecified atom stereocenters. The van der Waals surface area contributed by atoms with E-state index in [1.54, 1.807) is 12.3 Å². The molecule has 0 aliphatic heterocycles. The van der Waals surface area contributed by atoms with E-state index < -0.39 is 0 Å². The second kappa shape index (κ2) is 2.06. The van der Waals surface area contributed by atoms with Gasteiger partial charge < -0.3 is 10.7 Å². The van der Waals surface area contributed by atoms with Crippen molar-refractivity contribution in [3.05, 3.63) is 22.6 Å². The molecule has 2 heterocycles. The van der Waals surface area contributed by atoms with E-state index in [1.165, 1.54) is 11.3 Å². The van der Waals surface area contributed by atoms with E-state index in [4.69, 9.17) is 5.73 Å². The number of rotatable bonds is 0. The predicted molar refractivity (Wildman–Crippen MR) is 44.7 cm³/mol. The Kier molecular flexibility index (Phi) is 1.19. The van der Waals surface area contributed by atoms with Crippen LogP contribution in [0.4, 0.5) is 5.13 Å². The minimum atomic E-state index is -0.185. The van der Waals surface area contributed by atoms with Gasteiger partial charge in [0.2, 0.25) is 0 Å². The second-order valence-electron chi connectivity index (χ2n) is 2.07. The van der Waals surface area contributed by atoms with Crippen molar-refractivity contribution in [2.45, 2.75) is 0 Å². The summed E-state index contributed by atoms with van der Waals surface area (Å²) >= 11 is 1.31. The van der Waals surface area contributed by atoms with Gasteiger partial charge in [-0.25, -0.2) is 4.98 Å². The summed E-state index contributed by atoms with van der Waals surface area (Å²) < 4.78 is 0.825. The number of nitrogens with zero attached hydrogens (tertiary/aromatic N) is 1. The Bertz CT molecular complexity index is 444. The summed E-state index contributed by atoms with van der Waals surface area (Å²) in [7, 11) is 0. The lowest BCUT2D eigenvalue weighted by Gasteiger charge is -1.81. The zero-order chi connectivity index (χ0) is 7.84. The maximum atomic E-state index is 11.0. The van der Waals surface area contributed by atoms with Gasteiger partial charge in [-0.1, -0.05) is 11.3 Å². The Labute approximate surface area is 65.7 Å². The van der Waals surface area contributed by atoms with Crippen molar-refractivity contribution in [3.63, 3.8) is 0 Å². The number of H-pyrrole nitrogens is 1. The van der Waals surface area contributed by atoms with E-state index in [0.717, 1.165) is 4.70 Å². The van der Waals surface area contributed by atoms with Gasteiger partial charge in [0.25, 0.3) is 5.56 Å². The first kappa shape index (κ1) is 6.36. The normalized spacial score (nSPS) is 10.5. The number of aromatic amines is 1. The minimum Gasteiger partial charge on any atom is -0.375 e. The summed E-state index contributed by atoms with van der Waals surface area (Å²) in [6.07, 6.45) is 1.59. The van der Waals surface area contributed by atoms with E-state index in [1.807, 2.05) is 0 Å². The van der Waals surface area contributed by atoms with Crippen molar-refractivity contribution in [2.24, 2.45) is 0 Å². The molecule has 56 valence electrons. The van der Waals surface area contributed by atoms with Crippen molar-refractivity contribution in [1.82, 2.24) is 9.97 Å². The Morgan fingerprint density at radius 3 is 3.18 bits per heavy atom. The van der Waals surface area contributed by atoms with Gasteiger partial charge in [-0.15, -0.1) is 0 Å². The van der Waals surface area contributed by atoms with E-state index in [9.17, 15) is 4.79 Å². The Morgan fingerprint density at radius 2 is 2.45 bits per heavy atom. The number of hydrogen-bond acceptors (Lipinski definition) is 4. The van der Waals surface area contributed by atoms with Crippen LogP contribution in [0.2, 0.25) is 0 Å². The molecule has 0 aliphatic carbocycles. The summed E-state index contributed by atoms with van der Waals surface area (Å²) in [6.45, 7) is 0. The first-order chi connectivity index (χ1) is 5.27. The molecule has 0 fully saturated rings. The maximum absolute atomic E-state index is 11.0. The fourth-order valence-corrected chi connectivity index (χ4v) is 1.62. The minimum absolute atomic E-state index is 0.185. The summed E-state index contributed by atoms with van der Waals surface area (Å²) in [4.78, 5) is 17.4. The van der Waals surface area contributed by atoms with Crippen molar-refractivity contribution in [2.75, 3.05) is 5.73 Å². The number of aromatic nitrogens is 2. The lowest BCUT2D eigenvalue weighted by Crippen LogP contribution is -2.03. The average Bonchev–Trinajstić information content (AvgIpc) is 2.31. The van der Waals surface area contributed by atoms with Gasteiger partial charge in [0.05, 0.1) is 4.70 Å². The summed E-state index contributed by atoms with van der Waals surface area (Å²) in [6, 6.07) is 1.78. The highest BCUT2D eigenvalue weighted by Gasteiger charge is 2.02. The molecule has 0 spiro atoms. The molecule has 2 aromatic heterocycles. The van der Waals surface area contributed by atoms with Gasteiger partial charge in [0.15, 0.2) is 5.13 Å². The van der Waals surface area contributed by atoms with Crippen LogP contribution in [-0.4, -0.2) is 9.97 Å². The SMILES string of the molecule is Nc1nc2c(=O)[nH]ccc2s1. The number of hydrogen-bond donors (Lipinski definition) is 2. The maximum Gasteiger partial charge on any atom is 0.275 e. The molecule has 0 atom stereocenters. The van der Waals surface area contributed by atoms with Crippen molar-refractivity contribution < 1.29 is 0 Å². The fourth-order valence-electron chi connectivity index (χ4n) is 0.886. The van der Waals surface area contributed by atoms with E-state index >= 15 is 0 Å². The topological polar surface area (TPSA) is 71.8 Å². The van der Waals surface area contributed by atoms with E-state index in [0.29, 0.717) is 10.6 Å². The van der Waals surface area contributed by atoms with Crippen LogP contribution >= 0.6 is 11.3 Å². The number of nitrogens with one attached hydrogen (secondary N) is 1.